The van der Waals surface area contributed by atoms with Crippen molar-refractivity contribution >= 4 is 37.8 Å². The van der Waals surface area contributed by atoms with Gasteiger partial charge in [-0.05, 0) is 24.3 Å². The molecule has 94 valence electrons. The number of carbonyl (C=O) groups is 1. The summed E-state index contributed by atoms with van der Waals surface area (Å²) in [5, 5.41) is 18.9. The van der Waals surface area contributed by atoms with E-state index in [4.69, 9.17) is 9.52 Å². The number of carboxylic acids is 1. The molecule has 2 rings (SSSR count). The maximum absolute atomic E-state index is 10.7. The van der Waals surface area contributed by atoms with Gasteiger partial charge in [-0.25, -0.2) is 4.79 Å². The Morgan fingerprint density at radius 1 is 1.22 bits per heavy atom. The fourth-order valence-electron chi connectivity index (χ4n) is 1.49. The number of hydrogen-bond acceptors (Lipinski definition) is 3. The first-order valence-corrected chi connectivity index (χ1v) is 6.53. The van der Waals surface area contributed by atoms with Crippen molar-refractivity contribution in [2.45, 2.75) is 6.10 Å². The molecule has 4 nitrogen and oxygen atoms in total. The smallest absolute Gasteiger partial charge is 0.371 e. The minimum atomic E-state index is -1.16. The fourth-order valence-corrected chi connectivity index (χ4v) is 2.76. The Kier molecular flexibility index (Phi) is 3.89. The molecule has 18 heavy (non-hydrogen) atoms. The first kappa shape index (κ1) is 13.3. The number of aliphatic hydroxyl groups is 1. The van der Waals surface area contributed by atoms with Crippen molar-refractivity contribution in [2.75, 3.05) is 0 Å². The summed E-state index contributed by atoms with van der Waals surface area (Å²) in [6, 6.07) is 8.06. The van der Waals surface area contributed by atoms with E-state index in [0.29, 0.717) is 10.0 Å². The Balaban J connectivity index is 2.35. The predicted octanol–water partition coefficient (Wildman–Crippen LogP) is 3.58. The van der Waals surface area contributed by atoms with E-state index in [1.165, 1.54) is 12.1 Å². The van der Waals surface area contributed by atoms with Gasteiger partial charge in [-0.1, -0.05) is 37.9 Å². The number of aliphatic hydroxyl groups excluding tert-OH is 1. The second kappa shape index (κ2) is 5.26. The molecule has 1 unspecified atom stereocenters. The number of rotatable bonds is 3. The Morgan fingerprint density at radius 3 is 2.50 bits per heavy atom. The van der Waals surface area contributed by atoms with Gasteiger partial charge < -0.3 is 14.6 Å². The molecular formula is C12H8Br2O4. The zero-order valence-electron chi connectivity index (χ0n) is 8.93. The number of carboxylic acid groups (broad SMARTS) is 1. The molecule has 0 aliphatic rings. The largest absolute Gasteiger partial charge is 0.475 e. The van der Waals surface area contributed by atoms with Crippen LogP contribution in [0.15, 0.2) is 43.7 Å². The Labute approximate surface area is 119 Å². The molecule has 1 atom stereocenters. The van der Waals surface area contributed by atoms with Crippen LogP contribution in [0, 0.1) is 0 Å². The van der Waals surface area contributed by atoms with Crippen molar-refractivity contribution in [3.63, 3.8) is 0 Å². The molecular weight excluding hydrogens is 368 g/mol. The van der Waals surface area contributed by atoms with Crippen molar-refractivity contribution in [1.82, 2.24) is 0 Å². The zero-order valence-corrected chi connectivity index (χ0v) is 12.1. The molecule has 6 heteroatoms. The summed E-state index contributed by atoms with van der Waals surface area (Å²) in [5.74, 6) is -1.17. The highest BCUT2D eigenvalue weighted by Gasteiger charge is 2.19. The van der Waals surface area contributed by atoms with Gasteiger partial charge in [-0.2, -0.15) is 0 Å². The third kappa shape index (κ3) is 2.66. The van der Waals surface area contributed by atoms with Crippen LogP contribution in [0.5, 0.6) is 0 Å². The summed E-state index contributed by atoms with van der Waals surface area (Å²) >= 11 is 6.64. The van der Waals surface area contributed by atoms with Gasteiger partial charge in [-0.3, -0.25) is 0 Å². The maximum atomic E-state index is 10.7. The first-order valence-electron chi connectivity index (χ1n) is 4.95. The zero-order chi connectivity index (χ0) is 13.3. The molecule has 1 heterocycles. The van der Waals surface area contributed by atoms with Crippen molar-refractivity contribution in [2.24, 2.45) is 0 Å². The monoisotopic (exact) mass is 374 g/mol. The van der Waals surface area contributed by atoms with Crippen LogP contribution in [0.3, 0.4) is 0 Å². The van der Waals surface area contributed by atoms with Gasteiger partial charge in [0.25, 0.3) is 0 Å². The van der Waals surface area contributed by atoms with Gasteiger partial charge in [-0.15, -0.1) is 0 Å². The average molecular weight is 376 g/mol. The molecule has 0 amide bonds. The van der Waals surface area contributed by atoms with Crippen LogP contribution < -0.4 is 0 Å². The maximum Gasteiger partial charge on any atom is 0.371 e. The van der Waals surface area contributed by atoms with Gasteiger partial charge in [0.15, 0.2) is 0 Å². The molecule has 0 aliphatic carbocycles. The van der Waals surface area contributed by atoms with Crippen molar-refractivity contribution < 1.29 is 19.4 Å². The van der Waals surface area contributed by atoms with Crippen LogP contribution >= 0.6 is 31.9 Å². The van der Waals surface area contributed by atoms with Crippen LogP contribution in [0.2, 0.25) is 0 Å². The molecule has 0 spiro atoms. The Bertz CT molecular complexity index is 592. The van der Waals surface area contributed by atoms with Crippen LogP contribution in [0.25, 0.3) is 0 Å². The molecule has 1 aromatic carbocycles. The van der Waals surface area contributed by atoms with Gasteiger partial charge >= 0.3 is 5.97 Å². The lowest BCUT2D eigenvalue weighted by molar-refractivity contribution is 0.0655. The fraction of sp³-hybridized carbons (Fsp3) is 0.0833. The van der Waals surface area contributed by atoms with Gasteiger partial charge in [0.1, 0.15) is 11.9 Å². The molecule has 2 N–H and O–H groups in total. The minimum Gasteiger partial charge on any atom is -0.475 e. The molecule has 0 radical (unpaired) electrons. The highest BCUT2D eigenvalue weighted by molar-refractivity contribution is 9.11. The highest BCUT2D eigenvalue weighted by Crippen LogP contribution is 2.31. The van der Waals surface area contributed by atoms with E-state index in [1.54, 1.807) is 18.2 Å². The molecule has 2 aromatic rings. The number of aromatic carboxylic acids is 1. The van der Waals surface area contributed by atoms with Crippen LogP contribution in [-0.4, -0.2) is 16.2 Å². The van der Waals surface area contributed by atoms with Crippen LogP contribution in [0.4, 0.5) is 0 Å². The SMILES string of the molecule is O=C(O)c1ccc(C(O)c2ccc(Br)cc2Br)o1. The highest BCUT2D eigenvalue weighted by atomic mass is 79.9. The second-order valence-corrected chi connectivity index (χ2v) is 5.35. The van der Waals surface area contributed by atoms with Gasteiger partial charge in [0.05, 0.1) is 0 Å². The topological polar surface area (TPSA) is 70.7 Å². The Hall–Kier alpha value is -1.11. The molecule has 0 fully saturated rings. The summed E-state index contributed by atoms with van der Waals surface area (Å²) in [7, 11) is 0. The number of benzene rings is 1. The number of hydrogen-bond donors (Lipinski definition) is 2. The van der Waals surface area contributed by atoms with E-state index in [1.807, 2.05) is 0 Å². The van der Waals surface area contributed by atoms with E-state index in [9.17, 15) is 9.90 Å². The van der Waals surface area contributed by atoms with E-state index < -0.39 is 12.1 Å². The van der Waals surface area contributed by atoms with E-state index in [0.717, 1.165) is 4.47 Å². The van der Waals surface area contributed by atoms with E-state index in [2.05, 4.69) is 31.9 Å². The predicted molar refractivity (Wildman–Crippen MR) is 71.6 cm³/mol. The molecule has 0 aliphatic heterocycles. The van der Waals surface area contributed by atoms with E-state index in [-0.39, 0.29) is 11.5 Å². The normalized spacial score (nSPS) is 12.4. The molecule has 0 bridgehead atoms. The van der Waals surface area contributed by atoms with Crippen LogP contribution in [-0.2, 0) is 0 Å². The summed E-state index contributed by atoms with van der Waals surface area (Å²) in [5.41, 5.74) is 0.601. The quantitative estimate of drug-likeness (QED) is 0.860. The van der Waals surface area contributed by atoms with Crippen molar-refractivity contribution in [1.29, 1.82) is 0 Å². The van der Waals surface area contributed by atoms with Gasteiger partial charge in [0.2, 0.25) is 5.76 Å². The molecule has 0 saturated heterocycles. The second-order valence-electron chi connectivity index (χ2n) is 3.58. The van der Waals surface area contributed by atoms with E-state index >= 15 is 0 Å². The molecule has 1 aromatic heterocycles. The summed E-state index contributed by atoms with van der Waals surface area (Å²) in [6.45, 7) is 0. The lowest BCUT2D eigenvalue weighted by Crippen LogP contribution is -1.99. The lowest BCUT2D eigenvalue weighted by atomic mass is 10.1. The Morgan fingerprint density at radius 2 is 1.94 bits per heavy atom. The first-order chi connectivity index (χ1) is 8.49. The summed E-state index contributed by atoms with van der Waals surface area (Å²) < 4.78 is 6.64. The third-order valence-electron chi connectivity index (χ3n) is 2.36. The minimum absolute atomic E-state index is 0.190. The van der Waals surface area contributed by atoms with Gasteiger partial charge in [0, 0.05) is 14.5 Å². The van der Waals surface area contributed by atoms with Crippen LogP contribution in [0.1, 0.15) is 28.0 Å². The summed E-state index contributed by atoms with van der Waals surface area (Å²) in [6.07, 6.45) is -1.01. The van der Waals surface area contributed by atoms with Crippen molar-refractivity contribution in [3.8, 4) is 0 Å². The average Bonchev–Trinajstić information content (AvgIpc) is 2.77. The number of halogens is 2. The standard InChI is InChI=1S/C12H8Br2O4/c13-6-1-2-7(8(14)5-6)11(15)9-3-4-10(18-9)12(16)17/h1-5,11,15H,(H,16,17). The number of furan rings is 1. The lowest BCUT2D eigenvalue weighted by Gasteiger charge is -2.10. The summed E-state index contributed by atoms with van der Waals surface area (Å²) in [4.78, 5) is 10.7. The van der Waals surface area contributed by atoms with Crippen molar-refractivity contribution in [3.05, 3.63) is 56.4 Å². The third-order valence-corrected chi connectivity index (χ3v) is 3.54. The molecule has 0 saturated carbocycles.